The van der Waals surface area contributed by atoms with Gasteiger partial charge in [0.15, 0.2) is 0 Å². The lowest BCUT2D eigenvalue weighted by molar-refractivity contribution is -0.143. The topological polar surface area (TPSA) is 82.5 Å². The minimum absolute atomic E-state index is 0.0313. The Bertz CT molecular complexity index is 314. The first-order valence-corrected chi connectivity index (χ1v) is 5.30. The van der Waals surface area contributed by atoms with Gasteiger partial charge in [-0.1, -0.05) is 0 Å². The van der Waals surface area contributed by atoms with Crippen molar-refractivity contribution in [1.29, 1.82) is 5.41 Å². The maximum Gasteiger partial charge on any atom is 0.323 e. The van der Waals surface area contributed by atoms with E-state index in [0.29, 0.717) is 6.61 Å². The molecule has 1 rings (SSSR count). The number of carbonyl (C=O) groups is 2. The molecule has 0 aliphatic carbocycles. The Hall–Kier alpha value is -1.59. The largest absolute Gasteiger partial charge is 0.466 e. The van der Waals surface area contributed by atoms with E-state index in [1.54, 1.807) is 6.92 Å². The van der Waals surface area contributed by atoms with Gasteiger partial charge in [0.2, 0.25) is 0 Å². The summed E-state index contributed by atoms with van der Waals surface area (Å²) >= 11 is 0. The summed E-state index contributed by atoms with van der Waals surface area (Å²) in [5.74, 6) is -0.328. The van der Waals surface area contributed by atoms with Crippen LogP contribution in [0.15, 0.2) is 0 Å². The molecule has 6 nitrogen and oxygen atoms in total. The van der Waals surface area contributed by atoms with Crippen LogP contribution in [0.4, 0.5) is 4.79 Å². The number of rotatable bonds is 4. The number of hydrogen-bond acceptors (Lipinski definition) is 4. The minimum atomic E-state index is -0.522. The van der Waals surface area contributed by atoms with Gasteiger partial charge in [0, 0.05) is 6.04 Å². The molecule has 0 radical (unpaired) electrons. The highest BCUT2D eigenvalue weighted by Crippen LogP contribution is 2.16. The summed E-state index contributed by atoms with van der Waals surface area (Å²) in [7, 11) is 0. The molecule has 16 heavy (non-hydrogen) atoms. The summed E-state index contributed by atoms with van der Waals surface area (Å²) in [4.78, 5) is 24.3. The van der Waals surface area contributed by atoms with Gasteiger partial charge >= 0.3 is 12.0 Å². The number of nitrogens with zero attached hydrogens (tertiary/aromatic N) is 1. The monoisotopic (exact) mass is 227 g/mol. The number of esters is 1. The number of hydrogen-bond donors (Lipinski definition) is 2. The van der Waals surface area contributed by atoms with Gasteiger partial charge in [0.05, 0.1) is 13.0 Å². The molecule has 1 aliphatic heterocycles. The van der Waals surface area contributed by atoms with Crippen molar-refractivity contribution in [2.45, 2.75) is 39.3 Å². The van der Waals surface area contributed by atoms with Crippen LogP contribution in [0.2, 0.25) is 0 Å². The third-order valence-corrected chi connectivity index (χ3v) is 2.37. The number of amidine groups is 1. The van der Waals surface area contributed by atoms with Crippen LogP contribution in [0.5, 0.6) is 0 Å². The summed E-state index contributed by atoms with van der Waals surface area (Å²) in [6, 6.07) is -0.900. The molecule has 0 aromatic carbocycles. The maximum absolute atomic E-state index is 11.5. The first kappa shape index (κ1) is 12.5. The highest BCUT2D eigenvalue weighted by molar-refractivity contribution is 6.07. The maximum atomic E-state index is 11.5. The summed E-state index contributed by atoms with van der Waals surface area (Å²) in [5.41, 5.74) is 0. The standard InChI is InChI=1S/C10H17N3O3/c1-4-16-8(14)5-7-9(11)12-10(15)13(7)6(2)3/h6-7H,4-5H2,1-3H3,(H2,11,12,15). The zero-order valence-corrected chi connectivity index (χ0v) is 9.74. The van der Waals surface area contributed by atoms with Crippen molar-refractivity contribution in [3.05, 3.63) is 0 Å². The molecule has 90 valence electrons. The van der Waals surface area contributed by atoms with Crippen LogP contribution in [-0.4, -0.2) is 41.4 Å². The molecule has 2 amide bonds. The third-order valence-electron chi connectivity index (χ3n) is 2.37. The van der Waals surface area contributed by atoms with Crippen molar-refractivity contribution in [1.82, 2.24) is 10.2 Å². The van der Waals surface area contributed by atoms with Crippen molar-refractivity contribution in [2.24, 2.45) is 0 Å². The van der Waals surface area contributed by atoms with E-state index >= 15 is 0 Å². The zero-order valence-electron chi connectivity index (χ0n) is 9.74. The van der Waals surface area contributed by atoms with Crippen LogP contribution in [0.1, 0.15) is 27.2 Å². The molecule has 0 spiro atoms. The van der Waals surface area contributed by atoms with Gasteiger partial charge in [-0.05, 0) is 20.8 Å². The predicted octanol–water partition coefficient (Wildman–Crippen LogP) is 0.719. The van der Waals surface area contributed by atoms with E-state index in [2.05, 4.69) is 5.32 Å². The van der Waals surface area contributed by atoms with E-state index in [1.165, 1.54) is 4.90 Å². The number of nitrogens with one attached hydrogen (secondary N) is 2. The number of carbonyl (C=O) groups excluding carboxylic acids is 2. The summed E-state index contributed by atoms with van der Waals surface area (Å²) in [5, 5.41) is 10.0. The Balaban J connectivity index is 2.72. The van der Waals surface area contributed by atoms with E-state index < -0.39 is 6.04 Å². The fourth-order valence-corrected chi connectivity index (χ4v) is 1.72. The molecule has 0 bridgehead atoms. The van der Waals surface area contributed by atoms with Crippen molar-refractivity contribution in [3.63, 3.8) is 0 Å². The van der Waals surface area contributed by atoms with E-state index in [4.69, 9.17) is 10.1 Å². The second kappa shape index (κ2) is 4.96. The van der Waals surface area contributed by atoms with Crippen molar-refractivity contribution < 1.29 is 14.3 Å². The average Bonchev–Trinajstić information content (AvgIpc) is 2.41. The Morgan fingerprint density at radius 2 is 2.25 bits per heavy atom. The lowest BCUT2D eigenvalue weighted by Crippen LogP contribution is -2.41. The number of ether oxygens (including phenoxy) is 1. The van der Waals surface area contributed by atoms with Crippen LogP contribution in [0.3, 0.4) is 0 Å². The van der Waals surface area contributed by atoms with Crippen molar-refractivity contribution in [3.8, 4) is 0 Å². The molecule has 1 unspecified atom stereocenters. The molecule has 2 N–H and O–H groups in total. The van der Waals surface area contributed by atoms with Crippen LogP contribution < -0.4 is 5.32 Å². The predicted molar refractivity (Wildman–Crippen MR) is 58.3 cm³/mol. The van der Waals surface area contributed by atoms with Gasteiger partial charge in [-0.3, -0.25) is 15.5 Å². The number of urea groups is 1. The highest BCUT2D eigenvalue weighted by atomic mass is 16.5. The Morgan fingerprint density at radius 3 is 2.75 bits per heavy atom. The second-order valence-electron chi connectivity index (χ2n) is 3.87. The lowest BCUT2D eigenvalue weighted by atomic mass is 10.1. The van der Waals surface area contributed by atoms with E-state index in [1.807, 2.05) is 13.8 Å². The molecule has 0 aromatic rings. The first-order chi connectivity index (χ1) is 7.47. The molecular formula is C10H17N3O3. The molecule has 1 saturated heterocycles. The SMILES string of the molecule is CCOC(=O)CC1C(=N)NC(=O)N1C(C)C. The fourth-order valence-electron chi connectivity index (χ4n) is 1.72. The molecule has 0 saturated carbocycles. The van der Waals surface area contributed by atoms with Gasteiger partial charge in [-0.15, -0.1) is 0 Å². The minimum Gasteiger partial charge on any atom is -0.466 e. The smallest absolute Gasteiger partial charge is 0.323 e. The quantitative estimate of drug-likeness (QED) is 0.694. The Morgan fingerprint density at radius 1 is 1.62 bits per heavy atom. The van der Waals surface area contributed by atoms with Crippen molar-refractivity contribution in [2.75, 3.05) is 6.61 Å². The second-order valence-corrected chi connectivity index (χ2v) is 3.87. The average molecular weight is 227 g/mol. The summed E-state index contributed by atoms with van der Waals surface area (Å²) in [6.45, 7) is 5.72. The van der Waals surface area contributed by atoms with Crippen molar-refractivity contribution >= 4 is 17.8 Å². The zero-order chi connectivity index (χ0) is 12.3. The molecule has 1 atom stereocenters. The molecule has 6 heteroatoms. The van der Waals surface area contributed by atoms with E-state index in [0.717, 1.165) is 0 Å². The van der Waals surface area contributed by atoms with Gasteiger partial charge < -0.3 is 9.64 Å². The summed E-state index contributed by atoms with van der Waals surface area (Å²) in [6.07, 6.45) is 0.0313. The molecule has 0 aromatic heterocycles. The lowest BCUT2D eigenvalue weighted by Gasteiger charge is -2.25. The van der Waals surface area contributed by atoms with Gasteiger partial charge in [-0.25, -0.2) is 4.79 Å². The summed E-state index contributed by atoms with van der Waals surface area (Å²) < 4.78 is 4.81. The third kappa shape index (κ3) is 2.50. The van der Waals surface area contributed by atoms with Crippen LogP contribution in [-0.2, 0) is 9.53 Å². The van der Waals surface area contributed by atoms with Crippen LogP contribution in [0, 0.1) is 5.41 Å². The van der Waals surface area contributed by atoms with Gasteiger partial charge in [0.25, 0.3) is 0 Å². The fraction of sp³-hybridized carbons (Fsp3) is 0.700. The number of amides is 2. The van der Waals surface area contributed by atoms with Crippen LogP contribution in [0.25, 0.3) is 0 Å². The normalized spacial score (nSPS) is 20.2. The molecular weight excluding hydrogens is 210 g/mol. The molecule has 1 fully saturated rings. The van der Waals surface area contributed by atoms with Gasteiger partial charge in [-0.2, -0.15) is 0 Å². The highest BCUT2D eigenvalue weighted by Gasteiger charge is 2.38. The Labute approximate surface area is 94.4 Å². The van der Waals surface area contributed by atoms with Gasteiger partial charge in [0.1, 0.15) is 11.9 Å². The van der Waals surface area contributed by atoms with E-state index in [-0.39, 0.29) is 30.3 Å². The first-order valence-electron chi connectivity index (χ1n) is 5.30. The van der Waals surface area contributed by atoms with E-state index in [9.17, 15) is 9.59 Å². The van der Waals surface area contributed by atoms with Crippen LogP contribution >= 0.6 is 0 Å². The Kier molecular flexibility index (Phi) is 3.87. The molecule has 1 heterocycles. The molecule has 1 aliphatic rings.